The van der Waals surface area contributed by atoms with E-state index in [0.717, 1.165) is 11.6 Å². The van der Waals surface area contributed by atoms with Gasteiger partial charge >= 0.3 is 0 Å². The monoisotopic (exact) mass is 195 g/mol. The van der Waals surface area contributed by atoms with Crippen molar-refractivity contribution in [2.75, 3.05) is 19.6 Å². The number of nitrogens with zero attached hydrogens (tertiary/aromatic N) is 1. The minimum absolute atomic E-state index is 0. The minimum Gasteiger partial charge on any atom is -0.300 e. The topological polar surface area (TPSA) is 3.24 Å². The molecule has 0 saturated carbocycles. The molecular formula is C8H15Cl2N. The van der Waals surface area contributed by atoms with Crippen LogP contribution in [0.15, 0.2) is 11.1 Å². The van der Waals surface area contributed by atoms with Crippen molar-refractivity contribution in [2.24, 2.45) is 0 Å². The molecule has 0 radical (unpaired) electrons. The first-order valence-electron chi connectivity index (χ1n) is 3.83. The van der Waals surface area contributed by atoms with Crippen LogP contribution in [0.4, 0.5) is 0 Å². The van der Waals surface area contributed by atoms with E-state index in [0.29, 0.717) is 0 Å². The Hall–Kier alpha value is 0.280. The highest BCUT2D eigenvalue weighted by Crippen LogP contribution is 2.07. The zero-order valence-electron chi connectivity index (χ0n) is 6.85. The lowest BCUT2D eigenvalue weighted by Crippen LogP contribution is -2.18. The SMILES string of the molecule is CC(Cl)=CCN1CCCC1.Cl. The lowest BCUT2D eigenvalue weighted by Gasteiger charge is -2.10. The highest BCUT2D eigenvalue weighted by molar-refractivity contribution is 6.29. The largest absolute Gasteiger partial charge is 0.300 e. The van der Waals surface area contributed by atoms with E-state index < -0.39 is 0 Å². The Kier molecular flexibility index (Phi) is 6.02. The summed E-state index contributed by atoms with van der Waals surface area (Å²) >= 11 is 5.69. The fourth-order valence-corrected chi connectivity index (χ4v) is 1.29. The zero-order chi connectivity index (χ0) is 7.40. The fraction of sp³-hybridized carbons (Fsp3) is 0.750. The van der Waals surface area contributed by atoms with Gasteiger partial charge in [-0.2, -0.15) is 0 Å². The van der Waals surface area contributed by atoms with Crippen LogP contribution in [-0.2, 0) is 0 Å². The van der Waals surface area contributed by atoms with Gasteiger partial charge in [0.25, 0.3) is 0 Å². The van der Waals surface area contributed by atoms with Crippen molar-refractivity contribution in [2.45, 2.75) is 19.8 Å². The molecule has 0 N–H and O–H groups in total. The van der Waals surface area contributed by atoms with Gasteiger partial charge in [-0.3, -0.25) is 4.90 Å². The number of hydrogen-bond acceptors (Lipinski definition) is 1. The van der Waals surface area contributed by atoms with Crippen LogP contribution in [0.2, 0.25) is 0 Å². The second kappa shape index (κ2) is 5.87. The lowest BCUT2D eigenvalue weighted by molar-refractivity contribution is 0.377. The Morgan fingerprint density at radius 2 is 2.00 bits per heavy atom. The molecule has 1 saturated heterocycles. The summed E-state index contributed by atoms with van der Waals surface area (Å²) in [6.45, 7) is 5.47. The van der Waals surface area contributed by atoms with Crippen LogP contribution >= 0.6 is 24.0 Å². The number of allylic oxidation sites excluding steroid dienone is 1. The molecule has 1 rings (SSSR count). The van der Waals surface area contributed by atoms with Crippen LogP contribution in [0, 0.1) is 0 Å². The molecule has 0 unspecified atom stereocenters. The van der Waals surface area contributed by atoms with Gasteiger partial charge in [-0.05, 0) is 32.9 Å². The molecule has 0 bridgehead atoms. The van der Waals surface area contributed by atoms with Crippen molar-refractivity contribution in [1.29, 1.82) is 0 Å². The van der Waals surface area contributed by atoms with Gasteiger partial charge in [0, 0.05) is 11.6 Å². The fourth-order valence-electron chi connectivity index (χ4n) is 1.22. The van der Waals surface area contributed by atoms with Gasteiger partial charge < -0.3 is 0 Å². The van der Waals surface area contributed by atoms with Crippen LogP contribution in [-0.4, -0.2) is 24.5 Å². The average Bonchev–Trinajstić information content (AvgIpc) is 2.34. The molecule has 0 aliphatic carbocycles. The van der Waals surface area contributed by atoms with Crippen molar-refractivity contribution >= 4 is 24.0 Å². The van der Waals surface area contributed by atoms with Crippen molar-refractivity contribution in [3.63, 3.8) is 0 Å². The Morgan fingerprint density at radius 1 is 1.45 bits per heavy atom. The van der Waals surface area contributed by atoms with E-state index in [2.05, 4.69) is 11.0 Å². The van der Waals surface area contributed by atoms with Gasteiger partial charge in [0.2, 0.25) is 0 Å². The maximum Gasteiger partial charge on any atom is 0.0177 e. The van der Waals surface area contributed by atoms with E-state index in [9.17, 15) is 0 Å². The van der Waals surface area contributed by atoms with E-state index in [4.69, 9.17) is 11.6 Å². The summed E-state index contributed by atoms with van der Waals surface area (Å²) in [5.41, 5.74) is 0. The molecule has 0 aromatic rings. The van der Waals surface area contributed by atoms with E-state index in [1.54, 1.807) is 0 Å². The quantitative estimate of drug-likeness (QED) is 0.656. The highest BCUT2D eigenvalue weighted by atomic mass is 35.5. The molecule has 1 nitrogen and oxygen atoms in total. The molecule has 0 atom stereocenters. The Labute approximate surface area is 79.8 Å². The van der Waals surface area contributed by atoms with Gasteiger partial charge in [0.05, 0.1) is 0 Å². The van der Waals surface area contributed by atoms with Crippen molar-refractivity contribution in [3.8, 4) is 0 Å². The third kappa shape index (κ3) is 4.67. The minimum atomic E-state index is 0. The van der Waals surface area contributed by atoms with Gasteiger partial charge in [-0.1, -0.05) is 17.7 Å². The molecule has 0 aromatic heterocycles. The van der Waals surface area contributed by atoms with Crippen LogP contribution in [0.5, 0.6) is 0 Å². The third-order valence-electron chi connectivity index (χ3n) is 1.83. The van der Waals surface area contributed by atoms with E-state index in [-0.39, 0.29) is 12.4 Å². The van der Waals surface area contributed by atoms with Gasteiger partial charge in [0.1, 0.15) is 0 Å². The number of hydrogen-bond donors (Lipinski definition) is 0. The first-order valence-corrected chi connectivity index (χ1v) is 4.21. The summed E-state index contributed by atoms with van der Waals surface area (Å²) in [6.07, 6.45) is 4.79. The summed E-state index contributed by atoms with van der Waals surface area (Å²) in [4.78, 5) is 2.42. The first-order chi connectivity index (χ1) is 4.79. The second-order valence-electron chi connectivity index (χ2n) is 2.80. The van der Waals surface area contributed by atoms with Gasteiger partial charge in [-0.15, -0.1) is 12.4 Å². The molecule has 11 heavy (non-hydrogen) atoms. The molecule has 0 amide bonds. The number of likely N-dealkylation sites (tertiary alicyclic amines) is 1. The average molecular weight is 196 g/mol. The van der Waals surface area contributed by atoms with Crippen molar-refractivity contribution < 1.29 is 0 Å². The normalized spacial score (nSPS) is 20.0. The predicted octanol–water partition coefficient (Wildman–Crippen LogP) is 2.65. The molecule has 1 fully saturated rings. The summed E-state index contributed by atoms with van der Waals surface area (Å²) in [7, 11) is 0. The third-order valence-corrected chi connectivity index (χ3v) is 1.98. The zero-order valence-corrected chi connectivity index (χ0v) is 8.42. The maximum absolute atomic E-state index is 5.69. The Morgan fingerprint density at radius 3 is 2.45 bits per heavy atom. The van der Waals surface area contributed by atoms with Crippen LogP contribution in [0.3, 0.4) is 0 Å². The molecule has 1 heterocycles. The molecule has 1 aliphatic heterocycles. The Bertz CT molecular complexity index is 124. The summed E-state index contributed by atoms with van der Waals surface area (Å²) in [5.74, 6) is 0. The molecular weight excluding hydrogens is 181 g/mol. The van der Waals surface area contributed by atoms with Crippen molar-refractivity contribution in [3.05, 3.63) is 11.1 Å². The lowest BCUT2D eigenvalue weighted by atomic mass is 10.4. The number of rotatable bonds is 2. The van der Waals surface area contributed by atoms with E-state index in [1.165, 1.54) is 25.9 Å². The van der Waals surface area contributed by atoms with E-state index >= 15 is 0 Å². The van der Waals surface area contributed by atoms with Crippen LogP contribution in [0.25, 0.3) is 0 Å². The molecule has 3 heteroatoms. The summed E-state index contributed by atoms with van der Waals surface area (Å²) in [5, 5.41) is 0.909. The molecule has 0 aromatic carbocycles. The van der Waals surface area contributed by atoms with Crippen molar-refractivity contribution in [1.82, 2.24) is 4.90 Å². The smallest absolute Gasteiger partial charge is 0.0177 e. The standard InChI is InChI=1S/C8H14ClN.ClH/c1-8(9)4-7-10-5-2-3-6-10;/h4H,2-3,5-7H2,1H3;1H. The van der Waals surface area contributed by atoms with E-state index in [1.807, 2.05) is 6.92 Å². The summed E-state index contributed by atoms with van der Waals surface area (Å²) < 4.78 is 0. The molecule has 1 aliphatic rings. The highest BCUT2D eigenvalue weighted by Gasteiger charge is 2.08. The van der Waals surface area contributed by atoms with Crippen LogP contribution in [0.1, 0.15) is 19.8 Å². The summed E-state index contributed by atoms with van der Waals surface area (Å²) in [6, 6.07) is 0. The molecule has 0 spiro atoms. The second-order valence-corrected chi connectivity index (χ2v) is 3.39. The van der Waals surface area contributed by atoms with Crippen LogP contribution < -0.4 is 0 Å². The maximum atomic E-state index is 5.69. The number of halogens is 2. The predicted molar refractivity (Wildman–Crippen MR) is 52.5 cm³/mol. The Balaban J connectivity index is 0.000001000. The van der Waals surface area contributed by atoms with Gasteiger partial charge in [-0.25, -0.2) is 0 Å². The molecule has 66 valence electrons. The first kappa shape index (κ1) is 11.3. The van der Waals surface area contributed by atoms with Gasteiger partial charge in [0.15, 0.2) is 0 Å².